The van der Waals surface area contributed by atoms with Crippen molar-refractivity contribution < 1.29 is 13.6 Å². The van der Waals surface area contributed by atoms with E-state index in [0.29, 0.717) is 11.8 Å². The molecule has 248 valence electrons. The lowest BCUT2D eigenvalue weighted by Gasteiger charge is -2.22. The molecule has 0 spiro atoms. The van der Waals surface area contributed by atoms with Gasteiger partial charge in [-0.2, -0.15) is 0 Å². The number of benzene rings is 8. The van der Waals surface area contributed by atoms with Crippen molar-refractivity contribution in [3.8, 4) is 0 Å². The maximum atomic E-state index is 13.4. The van der Waals surface area contributed by atoms with Crippen LogP contribution in [-0.4, -0.2) is 5.78 Å². The molecule has 0 atom stereocenters. The molecule has 0 bridgehead atoms. The van der Waals surface area contributed by atoms with Gasteiger partial charge >= 0.3 is 0 Å². The summed E-state index contributed by atoms with van der Waals surface area (Å²) in [6.45, 7) is 0. The Kier molecular flexibility index (Phi) is 6.37. The number of para-hydroxylation sites is 2. The molecule has 10 aromatic rings. The van der Waals surface area contributed by atoms with E-state index >= 15 is 0 Å². The summed E-state index contributed by atoms with van der Waals surface area (Å²) < 4.78 is 12.9. The van der Waals surface area contributed by atoms with Crippen molar-refractivity contribution in [3.63, 3.8) is 0 Å². The summed E-state index contributed by atoms with van der Waals surface area (Å²) in [5, 5.41) is 9.04. The fourth-order valence-electron chi connectivity index (χ4n) is 8.15. The summed E-state index contributed by atoms with van der Waals surface area (Å²) in [4.78, 5) is 15.5. The second-order valence-corrected chi connectivity index (χ2v) is 13.6. The molecule has 4 heteroatoms. The van der Waals surface area contributed by atoms with E-state index in [1.165, 1.54) is 16.2 Å². The van der Waals surface area contributed by atoms with Gasteiger partial charge in [-0.3, -0.25) is 9.69 Å². The van der Waals surface area contributed by atoms with E-state index in [0.717, 1.165) is 77.2 Å². The Balaban J connectivity index is 1.11. The van der Waals surface area contributed by atoms with Gasteiger partial charge in [0.2, 0.25) is 11.8 Å². The predicted octanol–water partition coefficient (Wildman–Crippen LogP) is 13.2. The van der Waals surface area contributed by atoms with Crippen LogP contribution in [0, 0.1) is 0 Å². The maximum Gasteiger partial charge on any atom is 0.208 e. The van der Waals surface area contributed by atoms with Gasteiger partial charge in [-0.1, -0.05) is 127 Å². The largest absolute Gasteiger partial charge is 0.440 e. The second-order valence-electron chi connectivity index (χ2n) is 13.6. The minimum atomic E-state index is 0.0721. The quantitative estimate of drug-likeness (QED) is 0.174. The highest BCUT2D eigenvalue weighted by Crippen LogP contribution is 2.44. The number of nitrogens with zero attached hydrogens (tertiary/aromatic N) is 1. The number of ketones is 1. The lowest BCUT2D eigenvalue weighted by Crippen LogP contribution is -2.14. The SMILES string of the molecule is O=C1c2ccccc2C(=Cc2ccc3c4ccc(N(c5cc6ccccc6o5)c5cc6ccccc6o5)cc4c4ccccc4c3c2)c2ccccc21. The first-order valence-electron chi connectivity index (χ1n) is 17.8. The lowest BCUT2D eigenvalue weighted by molar-refractivity contribution is 0.103. The Bertz CT molecular complexity index is 2950. The normalized spacial score (nSPS) is 12.5. The number of anilines is 3. The van der Waals surface area contributed by atoms with Gasteiger partial charge in [-0.15, -0.1) is 0 Å². The van der Waals surface area contributed by atoms with E-state index in [1.54, 1.807) is 0 Å². The number of hydrogen-bond acceptors (Lipinski definition) is 4. The molecule has 53 heavy (non-hydrogen) atoms. The number of rotatable bonds is 4. The molecule has 0 aliphatic heterocycles. The second kappa shape index (κ2) is 11.4. The standard InChI is InChI=1S/C49H29NO3/c51-49-40-17-7-5-15-36(40)43(37-16-6-8-18-41(37)49)26-30-21-23-38-39-24-22-33(29-44(39)35-14-4-3-13-34(35)42(38)25-30)50(47-27-31-11-1-9-19-45(31)52-47)48-28-32-12-2-10-20-46(32)53-48/h1-29H. The molecule has 0 saturated heterocycles. The smallest absolute Gasteiger partial charge is 0.208 e. The molecule has 0 N–H and O–H groups in total. The summed E-state index contributed by atoms with van der Waals surface area (Å²) in [7, 11) is 0. The van der Waals surface area contributed by atoms with Crippen LogP contribution in [0.1, 0.15) is 32.6 Å². The molecule has 8 aromatic carbocycles. The summed E-state index contributed by atoms with van der Waals surface area (Å²) in [5.74, 6) is 1.43. The first-order chi connectivity index (χ1) is 26.2. The van der Waals surface area contributed by atoms with E-state index in [-0.39, 0.29) is 5.78 Å². The highest BCUT2D eigenvalue weighted by Gasteiger charge is 2.26. The molecule has 0 fully saturated rings. The molecule has 0 unspecified atom stereocenters. The third-order valence-corrected chi connectivity index (χ3v) is 10.6. The molecular formula is C49H29NO3. The number of hydrogen-bond donors (Lipinski definition) is 0. The van der Waals surface area contributed by atoms with Gasteiger partial charge in [0.15, 0.2) is 5.78 Å². The zero-order valence-electron chi connectivity index (χ0n) is 28.4. The minimum absolute atomic E-state index is 0.0721. The molecular weight excluding hydrogens is 651 g/mol. The van der Waals surface area contributed by atoms with E-state index in [1.807, 2.05) is 72.8 Å². The van der Waals surface area contributed by atoms with Crippen molar-refractivity contribution >= 4 is 89.1 Å². The highest BCUT2D eigenvalue weighted by molar-refractivity contribution is 6.26. The van der Waals surface area contributed by atoms with Crippen LogP contribution >= 0.6 is 0 Å². The van der Waals surface area contributed by atoms with Crippen LogP contribution in [0.2, 0.25) is 0 Å². The Labute approximate surface area is 304 Å². The van der Waals surface area contributed by atoms with E-state index in [9.17, 15) is 4.79 Å². The Morgan fingerprint density at radius 1 is 0.415 bits per heavy atom. The van der Waals surface area contributed by atoms with Gasteiger partial charge in [0, 0.05) is 34.0 Å². The highest BCUT2D eigenvalue weighted by atomic mass is 16.4. The van der Waals surface area contributed by atoms with E-state index < -0.39 is 0 Å². The number of carbonyl (C=O) groups is 1. The van der Waals surface area contributed by atoms with Crippen LogP contribution in [0.4, 0.5) is 17.5 Å². The summed E-state index contributed by atoms with van der Waals surface area (Å²) in [6.07, 6.45) is 2.23. The van der Waals surface area contributed by atoms with Gasteiger partial charge < -0.3 is 8.83 Å². The van der Waals surface area contributed by atoms with Crippen LogP contribution in [0.15, 0.2) is 179 Å². The van der Waals surface area contributed by atoms with Crippen LogP contribution in [0.5, 0.6) is 0 Å². The van der Waals surface area contributed by atoms with Gasteiger partial charge in [0.05, 0.1) is 5.69 Å². The van der Waals surface area contributed by atoms with E-state index in [4.69, 9.17) is 8.83 Å². The molecule has 1 aliphatic carbocycles. The molecule has 0 amide bonds. The average molecular weight is 680 g/mol. The fraction of sp³-hybridized carbons (Fsp3) is 0. The van der Waals surface area contributed by atoms with Crippen molar-refractivity contribution in [2.24, 2.45) is 0 Å². The molecule has 11 rings (SSSR count). The molecule has 2 aromatic heterocycles. The van der Waals surface area contributed by atoms with Crippen LogP contribution in [0.25, 0.3) is 65.9 Å². The van der Waals surface area contributed by atoms with Crippen LogP contribution in [0.3, 0.4) is 0 Å². The molecule has 0 radical (unpaired) electrons. The number of carbonyl (C=O) groups excluding carboxylic acids is 1. The third kappa shape index (κ3) is 4.59. The van der Waals surface area contributed by atoms with Crippen molar-refractivity contribution in [1.29, 1.82) is 0 Å². The predicted molar refractivity (Wildman–Crippen MR) is 216 cm³/mol. The number of furan rings is 2. The fourth-order valence-corrected chi connectivity index (χ4v) is 8.15. The molecule has 1 aliphatic rings. The summed E-state index contributed by atoms with van der Waals surface area (Å²) in [6, 6.07) is 58.1. The zero-order valence-corrected chi connectivity index (χ0v) is 28.4. The Hall–Kier alpha value is -7.17. The Morgan fingerprint density at radius 3 is 1.47 bits per heavy atom. The first kappa shape index (κ1) is 29.5. The zero-order chi connectivity index (χ0) is 35.0. The van der Waals surface area contributed by atoms with Crippen LogP contribution < -0.4 is 4.90 Å². The van der Waals surface area contributed by atoms with Crippen molar-refractivity contribution in [3.05, 3.63) is 198 Å². The van der Waals surface area contributed by atoms with Gasteiger partial charge in [-0.25, -0.2) is 0 Å². The van der Waals surface area contributed by atoms with Crippen molar-refractivity contribution in [2.75, 3.05) is 4.90 Å². The minimum Gasteiger partial charge on any atom is -0.440 e. The monoisotopic (exact) mass is 679 g/mol. The van der Waals surface area contributed by atoms with E-state index in [2.05, 4.69) is 108 Å². The third-order valence-electron chi connectivity index (χ3n) is 10.6. The topological polar surface area (TPSA) is 46.6 Å². The summed E-state index contributed by atoms with van der Waals surface area (Å²) >= 11 is 0. The van der Waals surface area contributed by atoms with Crippen molar-refractivity contribution in [1.82, 2.24) is 0 Å². The van der Waals surface area contributed by atoms with Gasteiger partial charge in [0.1, 0.15) is 11.2 Å². The Morgan fingerprint density at radius 2 is 0.887 bits per heavy atom. The number of fused-ring (bicyclic) bond motifs is 10. The van der Waals surface area contributed by atoms with Gasteiger partial charge in [-0.05, 0) is 91.0 Å². The first-order valence-corrected chi connectivity index (χ1v) is 17.8. The van der Waals surface area contributed by atoms with Crippen LogP contribution in [-0.2, 0) is 0 Å². The maximum absolute atomic E-state index is 13.4. The molecule has 0 saturated carbocycles. The molecule has 4 nitrogen and oxygen atoms in total. The average Bonchev–Trinajstić information content (AvgIpc) is 3.84. The summed E-state index contributed by atoms with van der Waals surface area (Å²) in [5.41, 5.74) is 8.11. The molecule has 2 heterocycles. The van der Waals surface area contributed by atoms with Gasteiger partial charge in [0.25, 0.3) is 0 Å². The van der Waals surface area contributed by atoms with Crippen molar-refractivity contribution in [2.45, 2.75) is 0 Å². The lowest BCUT2D eigenvalue weighted by atomic mass is 9.80.